The Labute approximate surface area is 122 Å². The molecule has 116 valence electrons. The molecule has 5 nitrogen and oxygen atoms in total. The predicted octanol–water partition coefficient (Wildman–Crippen LogP) is 2.12. The number of nitrogens with zero attached hydrogens (tertiary/aromatic N) is 1. The van der Waals surface area contributed by atoms with Crippen LogP contribution in [0.15, 0.2) is 0 Å². The van der Waals surface area contributed by atoms with Crippen molar-refractivity contribution in [3.63, 3.8) is 0 Å². The van der Waals surface area contributed by atoms with Gasteiger partial charge in [0.25, 0.3) is 0 Å². The van der Waals surface area contributed by atoms with Crippen LogP contribution in [0.2, 0.25) is 0 Å². The van der Waals surface area contributed by atoms with E-state index in [1.165, 1.54) is 0 Å². The van der Waals surface area contributed by atoms with Crippen molar-refractivity contribution < 1.29 is 9.59 Å². The lowest BCUT2D eigenvalue weighted by molar-refractivity contribution is -0.133. The Morgan fingerprint density at radius 1 is 1.20 bits per heavy atom. The van der Waals surface area contributed by atoms with Gasteiger partial charge in [-0.1, -0.05) is 13.8 Å². The molecule has 0 bridgehead atoms. The summed E-state index contributed by atoms with van der Waals surface area (Å²) in [5.74, 6) is 0.633. The first-order valence-electron chi connectivity index (χ1n) is 7.54. The minimum atomic E-state index is -0.224. The molecule has 0 atom stereocenters. The van der Waals surface area contributed by atoms with Crippen LogP contribution in [0.5, 0.6) is 0 Å². The summed E-state index contributed by atoms with van der Waals surface area (Å²) in [6, 6.07) is 0.0462. The molecule has 1 aliphatic heterocycles. The molecular weight excluding hydrogens is 254 g/mol. The van der Waals surface area contributed by atoms with Crippen molar-refractivity contribution in [1.29, 1.82) is 0 Å². The van der Waals surface area contributed by atoms with Crippen LogP contribution in [0.3, 0.4) is 0 Å². The summed E-state index contributed by atoms with van der Waals surface area (Å²) in [7, 11) is 0. The van der Waals surface area contributed by atoms with E-state index < -0.39 is 0 Å². The summed E-state index contributed by atoms with van der Waals surface area (Å²) in [6.45, 7) is 11.5. The van der Waals surface area contributed by atoms with E-state index in [0.717, 1.165) is 25.9 Å². The van der Waals surface area contributed by atoms with E-state index in [-0.39, 0.29) is 23.5 Å². The Hall–Kier alpha value is -1.26. The molecule has 1 fully saturated rings. The highest BCUT2D eigenvalue weighted by Crippen LogP contribution is 2.13. The van der Waals surface area contributed by atoms with E-state index in [2.05, 4.69) is 24.5 Å². The van der Waals surface area contributed by atoms with Crippen LogP contribution in [-0.2, 0) is 4.79 Å². The van der Waals surface area contributed by atoms with E-state index in [0.29, 0.717) is 12.3 Å². The third kappa shape index (κ3) is 6.26. The van der Waals surface area contributed by atoms with E-state index in [1.807, 2.05) is 25.7 Å². The molecular formula is C15H29N3O2. The third-order valence-corrected chi connectivity index (χ3v) is 3.25. The average molecular weight is 283 g/mol. The second-order valence-corrected chi connectivity index (χ2v) is 7.10. The number of nitrogens with one attached hydrogen (secondary N) is 2. The topological polar surface area (TPSA) is 61.4 Å². The van der Waals surface area contributed by atoms with Crippen molar-refractivity contribution in [3.8, 4) is 0 Å². The van der Waals surface area contributed by atoms with Crippen LogP contribution < -0.4 is 10.6 Å². The number of urea groups is 1. The number of hydrogen-bond donors (Lipinski definition) is 2. The van der Waals surface area contributed by atoms with Crippen molar-refractivity contribution in [1.82, 2.24) is 15.5 Å². The lowest BCUT2D eigenvalue weighted by Crippen LogP contribution is -2.52. The molecule has 0 saturated carbocycles. The number of piperidine rings is 1. The molecule has 3 amide bonds. The summed E-state index contributed by atoms with van der Waals surface area (Å²) in [5, 5.41) is 5.88. The molecule has 0 aromatic heterocycles. The van der Waals surface area contributed by atoms with Crippen LogP contribution in [0.1, 0.15) is 53.9 Å². The Bertz CT molecular complexity index is 340. The molecule has 1 rings (SSSR count). The highest BCUT2D eigenvalue weighted by atomic mass is 16.2. The number of likely N-dealkylation sites (tertiary alicyclic amines) is 1. The van der Waals surface area contributed by atoms with Gasteiger partial charge in [0.15, 0.2) is 0 Å². The van der Waals surface area contributed by atoms with Crippen molar-refractivity contribution in [2.45, 2.75) is 65.5 Å². The highest BCUT2D eigenvalue weighted by Gasteiger charge is 2.24. The highest BCUT2D eigenvalue weighted by molar-refractivity contribution is 5.77. The summed E-state index contributed by atoms with van der Waals surface area (Å²) in [6.07, 6.45) is 2.28. The van der Waals surface area contributed by atoms with Gasteiger partial charge >= 0.3 is 6.03 Å². The Kier molecular flexibility index (Phi) is 5.84. The minimum Gasteiger partial charge on any atom is -0.343 e. The zero-order valence-electron chi connectivity index (χ0n) is 13.5. The SMILES string of the molecule is CC(C)CC(=O)N1CCC(NC(=O)NC(C)(C)C)CC1. The first kappa shape index (κ1) is 16.8. The Morgan fingerprint density at radius 3 is 2.20 bits per heavy atom. The van der Waals surface area contributed by atoms with Gasteiger partial charge in [-0.2, -0.15) is 0 Å². The molecule has 2 N–H and O–H groups in total. The van der Waals surface area contributed by atoms with Crippen LogP contribution in [-0.4, -0.2) is 41.5 Å². The molecule has 1 saturated heterocycles. The molecule has 1 aliphatic rings. The van der Waals surface area contributed by atoms with E-state index in [1.54, 1.807) is 0 Å². The number of carbonyl (C=O) groups excluding carboxylic acids is 2. The van der Waals surface area contributed by atoms with E-state index >= 15 is 0 Å². The maximum Gasteiger partial charge on any atom is 0.315 e. The second-order valence-electron chi connectivity index (χ2n) is 7.10. The van der Waals surface area contributed by atoms with Crippen molar-refractivity contribution >= 4 is 11.9 Å². The quantitative estimate of drug-likeness (QED) is 0.833. The van der Waals surface area contributed by atoms with Crippen LogP contribution in [0.4, 0.5) is 4.79 Å². The van der Waals surface area contributed by atoms with Gasteiger partial charge in [-0.05, 0) is 39.5 Å². The first-order chi connectivity index (χ1) is 9.17. The lowest BCUT2D eigenvalue weighted by atomic mass is 10.0. The molecule has 0 aromatic carbocycles. The van der Waals surface area contributed by atoms with Crippen molar-refractivity contribution in [2.75, 3.05) is 13.1 Å². The predicted molar refractivity (Wildman–Crippen MR) is 80.5 cm³/mol. The molecule has 0 aliphatic carbocycles. The minimum absolute atomic E-state index is 0.121. The van der Waals surface area contributed by atoms with Gasteiger partial charge in [0.1, 0.15) is 0 Å². The van der Waals surface area contributed by atoms with Crippen LogP contribution >= 0.6 is 0 Å². The van der Waals surface area contributed by atoms with E-state index in [9.17, 15) is 9.59 Å². The van der Waals surface area contributed by atoms with E-state index in [4.69, 9.17) is 0 Å². The number of rotatable bonds is 3. The fraction of sp³-hybridized carbons (Fsp3) is 0.867. The number of carbonyl (C=O) groups is 2. The number of hydrogen-bond acceptors (Lipinski definition) is 2. The second kappa shape index (κ2) is 6.95. The zero-order valence-corrected chi connectivity index (χ0v) is 13.5. The standard InChI is InChI=1S/C15H29N3O2/c1-11(2)10-13(19)18-8-6-12(7-9-18)16-14(20)17-15(3,4)5/h11-12H,6-10H2,1-5H3,(H2,16,17,20). The van der Waals surface area contributed by atoms with Crippen molar-refractivity contribution in [2.24, 2.45) is 5.92 Å². The smallest absolute Gasteiger partial charge is 0.315 e. The fourth-order valence-corrected chi connectivity index (χ4v) is 2.31. The molecule has 0 radical (unpaired) electrons. The molecule has 1 heterocycles. The summed E-state index contributed by atoms with van der Waals surface area (Å²) < 4.78 is 0. The molecule has 5 heteroatoms. The normalized spacial score (nSPS) is 17.2. The first-order valence-corrected chi connectivity index (χ1v) is 7.54. The zero-order chi connectivity index (χ0) is 15.3. The van der Waals surface area contributed by atoms with Gasteiger partial charge in [-0.3, -0.25) is 4.79 Å². The van der Waals surface area contributed by atoms with Gasteiger partial charge in [-0.25, -0.2) is 4.79 Å². The van der Waals surface area contributed by atoms with Gasteiger partial charge in [0.2, 0.25) is 5.91 Å². The Morgan fingerprint density at radius 2 is 1.75 bits per heavy atom. The number of amides is 3. The van der Waals surface area contributed by atoms with Gasteiger partial charge in [-0.15, -0.1) is 0 Å². The van der Waals surface area contributed by atoms with Gasteiger partial charge < -0.3 is 15.5 Å². The Balaban J connectivity index is 2.32. The molecule has 20 heavy (non-hydrogen) atoms. The van der Waals surface area contributed by atoms with Gasteiger partial charge in [0.05, 0.1) is 0 Å². The average Bonchev–Trinajstić information content (AvgIpc) is 2.26. The summed E-state index contributed by atoms with van der Waals surface area (Å²) in [5.41, 5.74) is -0.224. The van der Waals surface area contributed by atoms with Crippen LogP contribution in [0.25, 0.3) is 0 Å². The fourth-order valence-electron chi connectivity index (χ4n) is 2.31. The monoisotopic (exact) mass is 283 g/mol. The molecule has 0 aromatic rings. The van der Waals surface area contributed by atoms with Crippen LogP contribution in [0, 0.1) is 5.92 Å². The maximum absolute atomic E-state index is 12.0. The van der Waals surface area contributed by atoms with Gasteiger partial charge in [0, 0.05) is 31.1 Å². The van der Waals surface area contributed by atoms with Crippen molar-refractivity contribution in [3.05, 3.63) is 0 Å². The summed E-state index contributed by atoms with van der Waals surface area (Å²) >= 11 is 0. The largest absolute Gasteiger partial charge is 0.343 e. The molecule has 0 unspecified atom stereocenters. The maximum atomic E-state index is 12.0. The molecule has 0 spiro atoms. The summed E-state index contributed by atoms with van der Waals surface area (Å²) in [4.78, 5) is 25.7. The third-order valence-electron chi connectivity index (χ3n) is 3.25. The lowest BCUT2D eigenvalue weighted by Gasteiger charge is -2.33.